The van der Waals surface area contributed by atoms with Gasteiger partial charge < -0.3 is 10.6 Å². The quantitative estimate of drug-likeness (QED) is 0.679. The van der Waals surface area contributed by atoms with Crippen LogP contribution in [0.2, 0.25) is 0 Å². The summed E-state index contributed by atoms with van der Waals surface area (Å²) in [4.78, 5) is 24.7. The Hall–Kier alpha value is -1.66. The second kappa shape index (κ2) is 8.10. The minimum atomic E-state index is -0.429. The van der Waals surface area contributed by atoms with Crippen molar-refractivity contribution in [3.63, 3.8) is 0 Å². The Morgan fingerprint density at radius 2 is 2.23 bits per heavy atom. The molecular formula is C15H22ClN3O3. The lowest BCUT2D eigenvalue weighted by atomic mass is 9.94. The molecule has 0 aliphatic carbocycles. The van der Waals surface area contributed by atoms with Gasteiger partial charge in [0.15, 0.2) is 0 Å². The molecule has 0 aromatic heterocycles. The van der Waals surface area contributed by atoms with Gasteiger partial charge in [-0.3, -0.25) is 14.9 Å². The molecule has 122 valence electrons. The molecular weight excluding hydrogens is 306 g/mol. The molecule has 0 radical (unpaired) electrons. The fourth-order valence-corrected chi connectivity index (χ4v) is 2.90. The number of hydrogen-bond donors (Lipinski definition) is 1. The van der Waals surface area contributed by atoms with Crippen molar-refractivity contribution in [1.29, 1.82) is 0 Å². The summed E-state index contributed by atoms with van der Waals surface area (Å²) in [5, 5.41) is 10.8. The Balaban J connectivity index is 0.00000242. The normalized spacial score (nSPS) is 17.7. The van der Waals surface area contributed by atoms with Gasteiger partial charge in [0.1, 0.15) is 0 Å². The number of nitro benzene ring substituents is 1. The van der Waals surface area contributed by atoms with E-state index in [4.69, 9.17) is 5.73 Å². The molecule has 0 bridgehead atoms. The first-order valence-electron chi connectivity index (χ1n) is 7.27. The van der Waals surface area contributed by atoms with Crippen LogP contribution in [0.4, 0.5) is 5.69 Å². The van der Waals surface area contributed by atoms with Gasteiger partial charge in [-0.1, -0.05) is 0 Å². The predicted molar refractivity (Wildman–Crippen MR) is 87.4 cm³/mol. The Labute approximate surface area is 136 Å². The van der Waals surface area contributed by atoms with E-state index in [-0.39, 0.29) is 24.0 Å². The number of hydrogen-bond acceptors (Lipinski definition) is 4. The van der Waals surface area contributed by atoms with Crippen molar-refractivity contribution in [2.45, 2.75) is 26.2 Å². The Morgan fingerprint density at radius 3 is 2.82 bits per heavy atom. The van der Waals surface area contributed by atoms with Gasteiger partial charge in [0.05, 0.1) is 4.92 Å². The summed E-state index contributed by atoms with van der Waals surface area (Å²) in [5.41, 5.74) is 6.67. The number of carbonyl (C=O) groups excluding carboxylic acids is 1. The molecule has 1 aliphatic rings. The fourth-order valence-electron chi connectivity index (χ4n) is 2.90. The zero-order valence-electron chi connectivity index (χ0n) is 12.7. The van der Waals surface area contributed by atoms with Gasteiger partial charge >= 0.3 is 0 Å². The summed E-state index contributed by atoms with van der Waals surface area (Å²) in [6.07, 6.45) is 3.03. The summed E-state index contributed by atoms with van der Waals surface area (Å²) in [6, 6.07) is 4.55. The van der Waals surface area contributed by atoms with E-state index < -0.39 is 4.92 Å². The van der Waals surface area contributed by atoms with Crippen LogP contribution < -0.4 is 5.73 Å². The molecule has 1 amide bonds. The zero-order chi connectivity index (χ0) is 15.4. The first-order chi connectivity index (χ1) is 10.0. The highest BCUT2D eigenvalue weighted by Crippen LogP contribution is 2.23. The van der Waals surface area contributed by atoms with Crippen LogP contribution in [0.1, 0.15) is 35.2 Å². The molecule has 2 rings (SSSR count). The molecule has 2 N–H and O–H groups in total. The van der Waals surface area contributed by atoms with Gasteiger partial charge in [-0.25, -0.2) is 0 Å². The summed E-state index contributed by atoms with van der Waals surface area (Å²) in [6.45, 7) is 3.77. The highest BCUT2D eigenvalue weighted by Gasteiger charge is 2.24. The lowest BCUT2D eigenvalue weighted by molar-refractivity contribution is -0.385. The van der Waals surface area contributed by atoms with Gasteiger partial charge in [-0.05, 0) is 50.8 Å². The molecule has 1 atom stereocenters. The van der Waals surface area contributed by atoms with E-state index in [0.29, 0.717) is 23.6 Å². The van der Waals surface area contributed by atoms with Crippen LogP contribution in [0.5, 0.6) is 0 Å². The third-order valence-corrected chi connectivity index (χ3v) is 4.02. The van der Waals surface area contributed by atoms with E-state index in [1.54, 1.807) is 19.1 Å². The Kier molecular flexibility index (Phi) is 6.77. The second-order valence-electron chi connectivity index (χ2n) is 5.60. The van der Waals surface area contributed by atoms with Gasteiger partial charge in [0.2, 0.25) is 0 Å². The van der Waals surface area contributed by atoms with Crippen molar-refractivity contribution in [2.75, 3.05) is 19.6 Å². The smallest absolute Gasteiger partial charge is 0.272 e. The van der Waals surface area contributed by atoms with Crippen molar-refractivity contribution in [2.24, 2.45) is 11.7 Å². The number of piperidine rings is 1. The highest BCUT2D eigenvalue weighted by atomic mass is 35.5. The van der Waals surface area contributed by atoms with Crippen molar-refractivity contribution in [3.05, 3.63) is 39.4 Å². The van der Waals surface area contributed by atoms with Gasteiger partial charge in [0, 0.05) is 30.3 Å². The minimum absolute atomic E-state index is 0. The van der Waals surface area contributed by atoms with Crippen LogP contribution in [0.3, 0.4) is 0 Å². The van der Waals surface area contributed by atoms with Crippen LogP contribution >= 0.6 is 12.4 Å². The molecule has 1 unspecified atom stereocenters. The second-order valence-corrected chi connectivity index (χ2v) is 5.60. The molecule has 22 heavy (non-hydrogen) atoms. The average Bonchev–Trinajstić information content (AvgIpc) is 2.46. The maximum atomic E-state index is 12.5. The van der Waals surface area contributed by atoms with E-state index in [9.17, 15) is 14.9 Å². The third kappa shape index (κ3) is 4.18. The molecule has 1 saturated heterocycles. The number of rotatable bonds is 4. The van der Waals surface area contributed by atoms with Crippen LogP contribution in [0, 0.1) is 23.0 Å². The average molecular weight is 328 g/mol. The number of nitrogens with zero attached hydrogens (tertiary/aromatic N) is 2. The Bertz CT molecular complexity index is 549. The molecule has 1 fully saturated rings. The molecule has 1 aromatic carbocycles. The lowest BCUT2D eigenvalue weighted by Gasteiger charge is -2.32. The van der Waals surface area contributed by atoms with Crippen LogP contribution in [-0.4, -0.2) is 35.4 Å². The molecule has 0 saturated carbocycles. The number of halogens is 1. The number of nitrogens with two attached hydrogens (primary N) is 1. The maximum Gasteiger partial charge on any atom is 0.272 e. The summed E-state index contributed by atoms with van der Waals surface area (Å²) < 4.78 is 0. The standard InChI is InChI=1S/C15H21N3O3.ClH/c1-11-9-13(4-5-14(11)18(20)21)15(19)17-8-2-3-12(10-17)6-7-16;/h4-5,9,12H,2-3,6-8,10,16H2,1H3;1H. The maximum absolute atomic E-state index is 12.5. The van der Waals surface area contributed by atoms with Crippen molar-refractivity contribution in [3.8, 4) is 0 Å². The van der Waals surface area contributed by atoms with E-state index in [2.05, 4.69) is 0 Å². The Morgan fingerprint density at radius 1 is 1.50 bits per heavy atom. The van der Waals surface area contributed by atoms with E-state index in [1.165, 1.54) is 6.07 Å². The SMILES string of the molecule is Cc1cc(C(=O)N2CCCC(CCN)C2)ccc1[N+](=O)[O-].Cl. The monoisotopic (exact) mass is 327 g/mol. The molecule has 0 spiro atoms. The van der Waals surface area contributed by atoms with E-state index in [0.717, 1.165) is 32.4 Å². The molecule has 1 aromatic rings. The molecule has 1 aliphatic heterocycles. The summed E-state index contributed by atoms with van der Waals surface area (Å²) in [5.74, 6) is 0.418. The van der Waals surface area contributed by atoms with Crippen LogP contribution in [0.15, 0.2) is 18.2 Å². The molecule has 7 heteroatoms. The number of nitro groups is 1. The number of aryl methyl sites for hydroxylation is 1. The number of benzene rings is 1. The zero-order valence-corrected chi connectivity index (χ0v) is 13.5. The largest absolute Gasteiger partial charge is 0.338 e. The van der Waals surface area contributed by atoms with Gasteiger partial charge in [-0.15, -0.1) is 12.4 Å². The van der Waals surface area contributed by atoms with E-state index >= 15 is 0 Å². The number of carbonyl (C=O) groups is 1. The minimum Gasteiger partial charge on any atom is -0.338 e. The lowest BCUT2D eigenvalue weighted by Crippen LogP contribution is -2.40. The third-order valence-electron chi connectivity index (χ3n) is 4.02. The fraction of sp³-hybridized carbons (Fsp3) is 0.533. The first kappa shape index (κ1) is 18.4. The molecule has 6 nitrogen and oxygen atoms in total. The van der Waals surface area contributed by atoms with Crippen LogP contribution in [0.25, 0.3) is 0 Å². The topological polar surface area (TPSA) is 89.5 Å². The van der Waals surface area contributed by atoms with Crippen molar-refractivity contribution >= 4 is 24.0 Å². The van der Waals surface area contributed by atoms with Crippen LogP contribution in [-0.2, 0) is 0 Å². The summed E-state index contributed by atoms with van der Waals surface area (Å²) in [7, 11) is 0. The van der Waals surface area contributed by atoms with E-state index in [1.807, 2.05) is 4.90 Å². The number of likely N-dealkylation sites (tertiary alicyclic amines) is 1. The van der Waals surface area contributed by atoms with Gasteiger partial charge in [0.25, 0.3) is 11.6 Å². The highest BCUT2D eigenvalue weighted by molar-refractivity contribution is 5.94. The number of amides is 1. The van der Waals surface area contributed by atoms with Crippen molar-refractivity contribution < 1.29 is 9.72 Å². The molecule has 1 heterocycles. The first-order valence-corrected chi connectivity index (χ1v) is 7.27. The van der Waals surface area contributed by atoms with Crippen molar-refractivity contribution in [1.82, 2.24) is 4.90 Å². The predicted octanol–water partition coefficient (Wildman–Crippen LogP) is 2.53. The summed E-state index contributed by atoms with van der Waals surface area (Å²) >= 11 is 0. The van der Waals surface area contributed by atoms with Gasteiger partial charge in [-0.2, -0.15) is 0 Å².